The predicted molar refractivity (Wildman–Crippen MR) is 75.0 cm³/mol. The second-order valence-corrected chi connectivity index (χ2v) is 5.66. The maximum absolute atomic E-state index is 5.49. The van der Waals surface area contributed by atoms with Crippen molar-refractivity contribution in [1.29, 1.82) is 0 Å². The van der Waals surface area contributed by atoms with E-state index >= 15 is 0 Å². The van der Waals surface area contributed by atoms with Gasteiger partial charge in [-0.1, -0.05) is 18.2 Å². The molecule has 0 aliphatic carbocycles. The largest absolute Gasteiger partial charge is 0.496 e. The van der Waals surface area contributed by atoms with Gasteiger partial charge in [0.25, 0.3) is 0 Å². The van der Waals surface area contributed by atoms with Gasteiger partial charge in [0.05, 0.1) is 7.11 Å². The molecule has 0 aromatic heterocycles. The Labute approximate surface area is 110 Å². The third kappa shape index (κ3) is 2.52. The summed E-state index contributed by atoms with van der Waals surface area (Å²) in [7, 11) is 3.94. The van der Waals surface area contributed by atoms with Crippen LogP contribution in [0.25, 0.3) is 0 Å². The van der Waals surface area contributed by atoms with Crippen molar-refractivity contribution < 1.29 is 4.74 Å². The van der Waals surface area contributed by atoms with Crippen LogP contribution in [-0.2, 0) is 5.54 Å². The van der Waals surface area contributed by atoms with Crippen LogP contribution in [0.5, 0.6) is 5.75 Å². The van der Waals surface area contributed by atoms with Crippen molar-refractivity contribution in [2.75, 3.05) is 33.8 Å². The summed E-state index contributed by atoms with van der Waals surface area (Å²) in [4.78, 5) is 2.43. The molecule has 1 fully saturated rings. The molecule has 0 bridgehead atoms. The third-order valence-electron chi connectivity index (χ3n) is 4.12. The van der Waals surface area contributed by atoms with Crippen LogP contribution in [0.3, 0.4) is 0 Å². The minimum Gasteiger partial charge on any atom is -0.496 e. The van der Waals surface area contributed by atoms with Gasteiger partial charge in [0.1, 0.15) is 5.75 Å². The molecule has 0 unspecified atom stereocenters. The smallest absolute Gasteiger partial charge is 0.123 e. The van der Waals surface area contributed by atoms with Crippen molar-refractivity contribution >= 4 is 0 Å². The monoisotopic (exact) mass is 248 g/mol. The van der Waals surface area contributed by atoms with E-state index in [1.54, 1.807) is 7.11 Å². The van der Waals surface area contributed by atoms with Crippen molar-refractivity contribution in [3.05, 3.63) is 29.8 Å². The zero-order valence-corrected chi connectivity index (χ0v) is 11.9. The van der Waals surface area contributed by atoms with E-state index in [4.69, 9.17) is 4.74 Å². The van der Waals surface area contributed by atoms with Crippen LogP contribution < -0.4 is 10.1 Å². The summed E-state index contributed by atoms with van der Waals surface area (Å²) in [6.07, 6.45) is 0. The van der Waals surface area contributed by atoms with Gasteiger partial charge < -0.3 is 10.1 Å². The van der Waals surface area contributed by atoms with Gasteiger partial charge in [-0.3, -0.25) is 4.90 Å². The van der Waals surface area contributed by atoms with E-state index < -0.39 is 0 Å². The lowest BCUT2D eigenvalue weighted by Crippen LogP contribution is -2.51. The molecule has 0 atom stereocenters. The van der Waals surface area contributed by atoms with E-state index in [0.29, 0.717) is 0 Å². The van der Waals surface area contributed by atoms with Gasteiger partial charge in [-0.15, -0.1) is 0 Å². The Balaban J connectivity index is 2.17. The predicted octanol–water partition coefficient (Wildman–Crippen LogP) is 2.08. The summed E-state index contributed by atoms with van der Waals surface area (Å²) >= 11 is 0. The molecule has 3 nitrogen and oxygen atoms in total. The lowest BCUT2D eigenvalue weighted by molar-refractivity contribution is 0.111. The van der Waals surface area contributed by atoms with Crippen molar-refractivity contribution in [2.24, 2.45) is 5.92 Å². The maximum Gasteiger partial charge on any atom is 0.123 e. The van der Waals surface area contributed by atoms with E-state index in [1.807, 2.05) is 12.1 Å². The molecule has 1 saturated heterocycles. The molecule has 0 radical (unpaired) electrons. The Hall–Kier alpha value is -1.06. The average Bonchev–Trinajstić information content (AvgIpc) is 2.33. The highest BCUT2D eigenvalue weighted by atomic mass is 16.5. The van der Waals surface area contributed by atoms with Crippen LogP contribution in [0.15, 0.2) is 24.3 Å². The molecule has 1 aliphatic rings. The molecule has 100 valence electrons. The number of hydrogen-bond acceptors (Lipinski definition) is 3. The topological polar surface area (TPSA) is 24.5 Å². The lowest BCUT2D eigenvalue weighted by atomic mass is 9.90. The fourth-order valence-corrected chi connectivity index (χ4v) is 2.45. The second kappa shape index (κ2) is 5.29. The summed E-state index contributed by atoms with van der Waals surface area (Å²) in [5, 5.41) is 3.33. The molecule has 1 aliphatic heterocycles. The molecule has 18 heavy (non-hydrogen) atoms. The third-order valence-corrected chi connectivity index (χ3v) is 4.12. The fraction of sp³-hybridized carbons (Fsp3) is 0.600. The van der Waals surface area contributed by atoms with E-state index in [1.165, 1.54) is 5.56 Å². The minimum atomic E-state index is -0.0117. The molecule has 3 heteroatoms. The van der Waals surface area contributed by atoms with Crippen molar-refractivity contribution in [3.63, 3.8) is 0 Å². The number of rotatable bonds is 5. The molecule has 1 aromatic rings. The first-order valence-corrected chi connectivity index (χ1v) is 6.61. The number of benzene rings is 1. The van der Waals surface area contributed by atoms with Gasteiger partial charge in [0.2, 0.25) is 0 Å². The van der Waals surface area contributed by atoms with Crippen molar-refractivity contribution in [1.82, 2.24) is 10.2 Å². The normalized spacial score (nSPS) is 16.7. The van der Waals surface area contributed by atoms with E-state index in [2.05, 4.69) is 43.2 Å². The maximum atomic E-state index is 5.49. The molecular weight excluding hydrogens is 224 g/mol. The number of ether oxygens (including phenoxy) is 1. The Bertz CT molecular complexity index is 399. The highest BCUT2D eigenvalue weighted by Gasteiger charge is 2.31. The molecule has 1 heterocycles. The molecule has 2 rings (SSSR count). The van der Waals surface area contributed by atoms with Crippen molar-refractivity contribution in [3.8, 4) is 5.75 Å². The Kier molecular flexibility index (Phi) is 3.93. The minimum absolute atomic E-state index is 0.0117. The van der Waals surface area contributed by atoms with Gasteiger partial charge in [0, 0.05) is 30.7 Å². The number of nitrogens with zero attached hydrogens (tertiary/aromatic N) is 1. The Morgan fingerprint density at radius 1 is 1.33 bits per heavy atom. The molecular formula is C15H24N2O. The van der Waals surface area contributed by atoms with Gasteiger partial charge in [0.15, 0.2) is 0 Å². The quantitative estimate of drug-likeness (QED) is 0.863. The first-order chi connectivity index (χ1) is 8.55. The summed E-state index contributed by atoms with van der Waals surface area (Å²) in [5.74, 6) is 1.75. The molecule has 1 aromatic carbocycles. The zero-order valence-electron chi connectivity index (χ0n) is 11.9. The van der Waals surface area contributed by atoms with Crippen LogP contribution >= 0.6 is 0 Å². The summed E-state index contributed by atoms with van der Waals surface area (Å²) in [6, 6.07) is 8.30. The van der Waals surface area contributed by atoms with E-state index in [9.17, 15) is 0 Å². The summed E-state index contributed by atoms with van der Waals surface area (Å²) in [6.45, 7) is 7.94. The highest BCUT2D eigenvalue weighted by Crippen LogP contribution is 2.34. The lowest BCUT2D eigenvalue weighted by Gasteiger charge is -2.41. The van der Waals surface area contributed by atoms with E-state index in [-0.39, 0.29) is 5.54 Å². The second-order valence-electron chi connectivity index (χ2n) is 5.66. The average molecular weight is 248 g/mol. The number of hydrogen-bond donors (Lipinski definition) is 1. The first-order valence-electron chi connectivity index (χ1n) is 6.61. The van der Waals surface area contributed by atoms with Crippen LogP contribution in [0, 0.1) is 5.92 Å². The van der Waals surface area contributed by atoms with Crippen molar-refractivity contribution in [2.45, 2.75) is 19.4 Å². The Morgan fingerprint density at radius 3 is 2.56 bits per heavy atom. The summed E-state index contributed by atoms with van der Waals surface area (Å²) < 4.78 is 5.49. The standard InChI is InChI=1S/C15H24N2O/c1-15(2,17(3)11-12-9-16-10-12)13-7-5-6-8-14(13)18-4/h5-8,12,16H,9-11H2,1-4H3. The van der Waals surface area contributed by atoms with Crippen LogP contribution in [0.1, 0.15) is 19.4 Å². The summed E-state index contributed by atoms with van der Waals surface area (Å²) in [5.41, 5.74) is 1.24. The van der Waals surface area contributed by atoms with Crippen LogP contribution in [-0.4, -0.2) is 38.7 Å². The van der Waals surface area contributed by atoms with Gasteiger partial charge in [-0.05, 0) is 32.9 Å². The number of nitrogens with one attached hydrogen (secondary N) is 1. The van der Waals surface area contributed by atoms with Gasteiger partial charge in [-0.25, -0.2) is 0 Å². The van der Waals surface area contributed by atoms with Crippen LogP contribution in [0.2, 0.25) is 0 Å². The molecule has 0 spiro atoms. The van der Waals surface area contributed by atoms with Crippen LogP contribution in [0.4, 0.5) is 0 Å². The zero-order chi connectivity index (χ0) is 13.2. The fourth-order valence-electron chi connectivity index (χ4n) is 2.45. The number of methoxy groups -OCH3 is 1. The highest BCUT2D eigenvalue weighted by molar-refractivity contribution is 5.38. The van der Waals surface area contributed by atoms with E-state index in [0.717, 1.165) is 31.3 Å². The van der Waals surface area contributed by atoms with Gasteiger partial charge in [-0.2, -0.15) is 0 Å². The molecule has 1 N–H and O–H groups in total. The molecule has 0 saturated carbocycles. The number of para-hydroxylation sites is 1. The molecule has 0 amide bonds. The first kappa shape index (κ1) is 13.4. The van der Waals surface area contributed by atoms with Gasteiger partial charge >= 0.3 is 0 Å². The Morgan fingerprint density at radius 2 is 2.00 bits per heavy atom. The SMILES string of the molecule is COc1ccccc1C(C)(C)N(C)CC1CNC1.